The molecule has 0 aromatic rings. The molecule has 2 heteroatoms. The Morgan fingerprint density at radius 1 is 1.75 bits per heavy atom. The Kier molecular flexibility index (Phi) is 1.59. The Balaban J connectivity index is 2.73. The molecule has 1 rings (SSSR count). The summed E-state index contributed by atoms with van der Waals surface area (Å²) in [7, 11) is -1.10. The molecule has 0 radical (unpaired) electrons. The lowest BCUT2D eigenvalue weighted by molar-refractivity contribution is 0.595. The third kappa shape index (κ3) is 0.873. The van der Waals surface area contributed by atoms with E-state index < -0.39 is 7.80 Å². The average molecular weight is 127 g/mol. The lowest BCUT2D eigenvalue weighted by Crippen LogP contribution is -1.62. The van der Waals surface area contributed by atoms with Crippen molar-refractivity contribution in [3.05, 3.63) is 23.3 Å². The van der Waals surface area contributed by atoms with Crippen molar-refractivity contribution < 1.29 is 4.57 Å². The quantitative estimate of drug-likeness (QED) is 0.495. The van der Waals surface area contributed by atoms with Crippen LogP contribution in [0.4, 0.5) is 0 Å². The van der Waals surface area contributed by atoms with E-state index in [4.69, 9.17) is 0 Å². The van der Waals surface area contributed by atoms with Crippen molar-refractivity contribution in [2.45, 2.75) is 13.3 Å². The number of allylic oxidation sites excluding steroid dienone is 3. The van der Waals surface area contributed by atoms with Gasteiger partial charge in [0.2, 0.25) is 0 Å². The van der Waals surface area contributed by atoms with Crippen LogP contribution in [0.2, 0.25) is 0 Å². The van der Waals surface area contributed by atoms with Crippen LogP contribution >= 0.6 is 7.80 Å². The van der Waals surface area contributed by atoms with E-state index in [0.717, 1.165) is 11.7 Å². The van der Waals surface area contributed by atoms with Gasteiger partial charge in [-0.25, -0.2) is 0 Å². The first kappa shape index (κ1) is 5.71. The van der Waals surface area contributed by atoms with E-state index >= 15 is 0 Å². The Bertz CT molecular complexity index is 167. The summed E-state index contributed by atoms with van der Waals surface area (Å²) in [4.78, 5) is 0. The summed E-state index contributed by atoms with van der Waals surface area (Å²) in [5.74, 6) is 1.74. The van der Waals surface area contributed by atoms with Crippen LogP contribution in [0.3, 0.4) is 0 Å². The van der Waals surface area contributed by atoms with Crippen molar-refractivity contribution in [1.29, 1.82) is 0 Å². The molecule has 0 saturated carbocycles. The first-order valence-electron chi connectivity index (χ1n) is 2.68. The second kappa shape index (κ2) is 2.23. The van der Waals surface area contributed by atoms with Crippen molar-refractivity contribution in [2.75, 3.05) is 0 Å². The van der Waals surface area contributed by atoms with Gasteiger partial charge < -0.3 is 0 Å². The summed E-state index contributed by atoms with van der Waals surface area (Å²) in [5.41, 5.74) is 0. The predicted octanol–water partition coefficient (Wildman–Crippen LogP) is 2.64. The molecule has 0 N–H and O–H groups in total. The fourth-order valence-corrected chi connectivity index (χ4v) is 1.65. The van der Waals surface area contributed by atoms with Crippen LogP contribution in [0.25, 0.3) is 0 Å². The number of rotatable bonds is 1. The largest absolute Gasteiger partial charge is 0.403 e. The van der Waals surface area contributed by atoms with Crippen molar-refractivity contribution in [1.82, 2.24) is 0 Å². The van der Waals surface area contributed by atoms with Gasteiger partial charge in [-0.2, -0.15) is 0 Å². The zero-order chi connectivity index (χ0) is 5.98. The van der Waals surface area contributed by atoms with Crippen LogP contribution in [0.15, 0.2) is 23.3 Å². The highest BCUT2D eigenvalue weighted by molar-refractivity contribution is 7.53. The first-order chi connectivity index (χ1) is 3.84. The summed E-state index contributed by atoms with van der Waals surface area (Å²) < 4.78 is 10.8. The molecular formula is C6H8OP+. The molecule has 0 spiro atoms. The van der Waals surface area contributed by atoms with E-state index in [1.807, 2.05) is 19.1 Å². The second-order valence-corrected chi connectivity index (χ2v) is 3.20. The molecule has 0 saturated heterocycles. The Hall–Kier alpha value is -0.420. The first-order valence-corrected chi connectivity index (χ1v) is 4.01. The Morgan fingerprint density at radius 2 is 2.50 bits per heavy atom. The topological polar surface area (TPSA) is 17.1 Å². The fourth-order valence-electron chi connectivity index (χ4n) is 0.675. The molecule has 0 aromatic carbocycles. The molecule has 1 aliphatic heterocycles. The molecular weight excluding hydrogens is 119 g/mol. The summed E-state index contributed by atoms with van der Waals surface area (Å²) in [6.45, 7) is 2.02. The molecule has 1 nitrogen and oxygen atoms in total. The standard InChI is InChI=1S/C6H8OP/c1-2-6-4-3-5-8(6)7/h3-5H,2H2,1H3/q+1. The minimum Gasteiger partial charge on any atom is -0.0623 e. The van der Waals surface area contributed by atoms with E-state index in [1.165, 1.54) is 0 Å². The van der Waals surface area contributed by atoms with Crippen molar-refractivity contribution in [3.8, 4) is 0 Å². The molecule has 0 bridgehead atoms. The minimum absolute atomic E-state index is 0.919. The third-order valence-electron chi connectivity index (χ3n) is 1.16. The van der Waals surface area contributed by atoms with Gasteiger partial charge in [0.15, 0.2) is 11.1 Å². The maximum absolute atomic E-state index is 10.8. The maximum Gasteiger partial charge on any atom is 0.403 e. The number of hydrogen-bond acceptors (Lipinski definition) is 1. The smallest absolute Gasteiger partial charge is 0.0623 e. The van der Waals surface area contributed by atoms with Crippen molar-refractivity contribution in [2.24, 2.45) is 0 Å². The van der Waals surface area contributed by atoms with Gasteiger partial charge in [0, 0.05) is 6.42 Å². The van der Waals surface area contributed by atoms with Gasteiger partial charge in [0.1, 0.15) is 0 Å². The zero-order valence-corrected chi connectivity index (χ0v) is 5.69. The van der Waals surface area contributed by atoms with Crippen LogP contribution in [0.5, 0.6) is 0 Å². The summed E-state index contributed by atoms with van der Waals surface area (Å²) in [6, 6.07) is 0. The average Bonchev–Trinajstić information content (AvgIpc) is 2.14. The minimum atomic E-state index is -1.10. The van der Waals surface area contributed by atoms with E-state index in [0.29, 0.717) is 0 Å². The molecule has 1 heterocycles. The van der Waals surface area contributed by atoms with Crippen molar-refractivity contribution >= 4 is 7.80 Å². The highest BCUT2D eigenvalue weighted by atomic mass is 31.1. The van der Waals surface area contributed by atoms with Crippen LogP contribution in [0.1, 0.15) is 13.3 Å². The van der Waals surface area contributed by atoms with E-state index in [-0.39, 0.29) is 0 Å². The summed E-state index contributed by atoms with van der Waals surface area (Å²) in [6.07, 6.45) is 4.71. The molecule has 0 aliphatic carbocycles. The van der Waals surface area contributed by atoms with E-state index in [1.54, 1.807) is 5.82 Å². The molecule has 0 aromatic heterocycles. The summed E-state index contributed by atoms with van der Waals surface area (Å²) >= 11 is 0. The zero-order valence-electron chi connectivity index (χ0n) is 4.79. The van der Waals surface area contributed by atoms with Gasteiger partial charge in [-0.15, -0.1) is 0 Å². The molecule has 8 heavy (non-hydrogen) atoms. The lowest BCUT2D eigenvalue weighted by atomic mass is 10.4. The summed E-state index contributed by atoms with van der Waals surface area (Å²) in [5, 5.41) is 1.07. The maximum atomic E-state index is 10.8. The fraction of sp³-hybridized carbons (Fsp3) is 0.333. The molecule has 0 amide bonds. The van der Waals surface area contributed by atoms with Gasteiger partial charge in [0.25, 0.3) is 0 Å². The number of hydrogen-bond donors (Lipinski definition) is 0. The van der Waals surface area contributed by atoms with Gasteiger partial charge in [0.05, 0.1) is 0 Å². The Morgan fingerprint density at radius 3 is 2.75 bits per heavy atom. The molecule has 1 unspecified atom stereocenters. The highest BCUT2D eigenvalue weighted by Gasteiger charge is 2.20. The molecule has 1 aliphatic rings. The SMILES string of the molecule is CCC1=CC=C[P+]1=O. The highest BCUT2D eigenvalue weighted by Crippen LogP contribution is 2.39. The van der Waals surface area contributed by atoms with Crippen molar-refractivity contribution in [3.63, 3.8) is 0 Å². The van der Waals surface area contributed by atoms with Crippen LogP contribution in [0, 0.1) is 0 Å². The van der Waals surface area contributed by atoms with Gasteiger partial charge in [-0.1, -0.05) is 11.5 Å². The van der Waals surface area contributed by atoms with E-state index in [2.05, 4.69) is 0 Å². The van der Waals surface area contributed by atoms with Gasteiger partial charge >= 0.3 is 7.80 Å². The molecule has 42 valence electrons. The molecule has 0 fully saturated rings. The van der Waals surface area contributed by atoms with Crippen LogP contribution < -0.4 is 0 Å². The van der Waals surface area contributed by atoms with Gasteiger partial charge in [-0.05, 0) is 12.2 Å². The van der Waals surface area contributed by atoms with Crippen LogP contribution in [-0.2, 0) is 4.57 Å². The predicted molar refractivity (Wildman–Crippen MR) is 35.1 cm³/mol. The van der Waals surface area contributed by atoms with E-state index in [9.17, 15) is 4.57 Å². The normalized spacial score (nSPS) is 21.6. The Labute approximate surface area is 49.9 Å². The molecule has 1 atom stereocenters. The van der Waals surface area contributed by atoms with Crippen LogP contribution in [-0.4, -0.2) is 0 Å². The second-order valence-electron chi connectivity index (χ2n) is 1.68. The van der Waals surface area contributed by atoms with Gasteiger partial charge in [-0.3, -0.25) is 0 Å². The lowest BCUT2D eigenvalue weighted by Gasteiger charge is -1.75. The third-order valence-corrected chi connectivity index (χ3v) is 2.63. The monoisotopic (exact) mass is 127 g/mol.